The SMILES string of the molecule is Cc1nccc(CNCCOCC(F)(F)F)n1. The van der Waals surface area contributed by atoms with Crippen LogP contribution in [0.2, 0.25) is 0 Å². The predicted octanol–water partition coefficient (Wildman–Crippen LogP) is 1.45. The van der Waals surface area contributed by atoms with Crippen molar-refractivity contribution >= 4 is 0 Å². The minimum absolute atomic E-state index is 0.0174. The molecule has 1 aromatic rings. The summed E-state index contributed by atoms with van der Waals surface area (Å²) in [7, 11) is 0. The lowest BCUT2D eigenvalue weighted by Crippen LogP contribution is -2.24. The normalized spacial score (nSPS) is 11.8. The van der Waals surface area contributed by atoms with Crippen molar-refractivity contribution in [2.45, 2.75) is 19.6 Å². The molecule has 0 aliphatic rings. The monoisotopic (exact) mass is 249 g/mol. The molecule has 1 heterocycles. The van der Waals surface area contributed by atoms with E-state index in [0.717, 1.165) is 5.69 Å². The van der Waals surface area contributed by atoms with E-state index in [9.17, 15) is 13.2 Å². The van der Waals surface area contributed by atoms with Crippen molar-refractivity contribution in [1.29, 1.82) is 0 Å². The van der Waals surface area contributed by atoms with Gasteiger partial charge in [-0.1, -0.05) is 0 Å². The fourth-order valence-electron chi connectivity index (χ4n) is 1.15. The van der Waals surface area contributed by atoms with Crippen LogP contribution in [-0.2, 0) is 11.3 Å². The number of ether oxygens (including phenoxy) is 1. The molecule has 1 aromatic heterocycles. The molecule has 0 aliphatic heterocycles. The molecule has 0 saturated carbocycles. The maximum atomic E-state index is 11.7. The summed E-state index contributed by atoms with van der Waals surface area (Å²) in [5.41, 5.74) is 0.799. The van der Waals surface area contributed by atoms with Crippen LogP contribution in [-0.4, -0.2) is 35.9 Å². The van der Waals surface area contributed by atoms with Gasteiger partial charge in [-0.25, -0.2) is 9.97 Å². The minimum atomic E-state index is -4.26. The molecule has 0 aromatic carbocycles. The van der Waals surface area contributed by atoms with Crippen LogP contribution >= 0.6 is 0 Å². The van der Waals surface area contributed by atoms with Gasteiger partial charge in [0.1, 0.15) is 12.4 Å². The molecular formula is C10H14F3N3O. The molecule has 0 aliphatic carbocycles. The van der Waals surface area contributed by atoms with E-state index in [1.165, 1.54) is 0 Å². The van der Waals surface area contributed by atoms with Crippen molar-refractivity contribution in [2.75, 3.05) is 19.8 Å². The highest BCUT2D eigenvalue weighted by molar-refractivity contribution is 5.00. The average Bonchev–Trinajstić information content (AvgIpc) is 2.22. The fraction of sp³-hybridized carbons (Fsp3) is 0.600. The number of nitrogens with zero attached hydrogens (tertiary/aromatic N) is 2. The highest BCUT2D eigenvalue weighted by Gasteiger charge is 2.27. The molecule has 0 atom stereocenters. The lowest BCUT2D eigenvalue weighted by Gasteiger charge is -2.08. The number of alkyl halides is 3. The van der Waals surface area contributed by atoms with Gasteiger partial charge in [0, 0.05) is 19.3 Å². The lowest BCUT2D eigenvalue weighted by atomic mass is 10.4. The number of aromatic nitrogens is 2. The third-order valence-corrected chi connectivity index (χ3v) is 1.83. The molecule has 0 bridgehead atoms. The Morgan fingerprint density at radius 1 is 1.41 bits per heavy atom. The molecule has 0 saturated heterocycles. The highest BCUT2D eigenvalue weighted by Crippen LogP contribution is 2.13. The first-order valence-electron chi connectivity index (χ1n) is 5.11. The van der Waals surface area contributed by atoms with Crippen molar-refractivity contribution in [3.05, 3.63) is 23.8 Å². The lowest BCUT2D eigenvalue weighted by molar-refractivity contribution is -0.173. The first-order valence-corrected chi connectivity index (χ1v) is 5.11. The second-order valence-corrected chi connectivity index (χ2v) is 3.44. The summed E-state index contributed by atoms with van der Waals surface area (Å²) in [6.45, 7) is 1.42. The zero-order valence-electron chi connectivity index (χ0n) is 9.42. The molecule has 0 spiro atoms. The molecular weight excluding hydrogens is 235 g/mol. The van der Waals surface area contributed by atoms with E-state index in [4.69, 9.17) is 0 Å². The third-order valence-electron chi connectivity index (χ3n) is 1.83. The first kappa shape index (κ1) is 13.9. The molecule has 0 amide bonds. The van der Waals surface area contributed by atoms with E-state index in [1.54, 1.807) is 19.2 Å². The Kier molecular flexibility index (Phi) is 5.30. The van der Waals surface area contributed by atoms with Gasteiger partial charge in [-0.3, -0.25) is 0 Å². The maximum absolute atomic E-state index is 11.7. The summed E-state index contributed by atoms with van der Waals surface area (Å²) >= 11 is 0. The van der Waals surface area contributed by atoms with E-state index in [0.29, 0.717) is 18.9 Å². The second kappa shape index (κ2) is 6.51. The maximum Gasteiger partial charge on any atom is 0.411 e. The van der Waals surface area contributed by atoms with Gasteiger partial charge >= 0.3 is 6.18 Å². The van der Waals surface area contributed by atoms with Crippen LogP contribution in [0.5, 0.6) is 0 Å². The summed E-state index contributed by atoms with van der Waals surface area (Å²) in [6, 6.07) is 1.75. The number of rotatable bonds is 6. The Labute approximate surface area is 97.2 Å². The Bertz CT molecular complexity index is 344. The van der Waals surface area contributed by atoms with E-state index < -0.39 is 12.8 Å². The highest BCUT2D eigenvalue weighted by atomic mass is 19.4. The fourth-order valence-corrected chi connectivity index (χ4v) is 1.15. The van der Waals surface area contributed by atoms with E-state index in [1.807, 2.05) is 0 Å². The number of hydrogen-bond acceptors (Lipinski definition) is 4. The van der Waals surface area contributed by atoms with Crippen LogP contribution in [0.4, 0.5) is 13.2 Å². The van der Waals surface area contributed by atoms with Gasteiger partial charge < -0.3 is 10.1 Å². The number of hydrogen-bond donors (Lipinski definition) is 1. The topological polar surface area (TPSA) is 47.0 Å². The van der Waals surface area contributed by atoms with Gasteiger partial charge in [0.15, 0.2) is 0 Å². The number of nitrogens with one attached hydrogen (secondary N) is 1. The van der Waals surface area contributed by atoms with Crippen LogP contribution in [0.3, 0.4) is 0 Å². The molecule has 0 fully saturated rings. The van der Waals surface area contributed by atoms with Gasteiger partial charge in [-0.05, 0) is 13.0 Å². The first-order chi connectivity index (χ1) is 7.97. The summed E-state index contributed by atoms with van der Waals surface area (Å²) in [5.74, 6) is 0.664. The summed E-state index contributed by atoms with van der Waals surface area (Å²) in [5, 5.41) is 2.93. The van der Waals surface area contributed by atoms with Gasteiger partial charge in [0.25, 0.3) is 0 Å². The zero-order chi connectivity index (χ0) is 12.7. The van der Waals surface area contributed by atoms with Crippen molar-refractivity contribution in [2.24, 2.45) is 0 Å². The van der Waals surface area contributed by atoms with Gasteiger partial charge in [-0.15, -0.1) is 0 Å². The quantitative estimate of drug-likeness (QED) is 0.775. The Balaban J connectivity index is 2.09. The van der Waals surface area contributed by atoms with Crippen molar-refractivity contribution < 1.29 is 17.9 Å². The molecule has 96 valence electrons. The van der Waals surface area contributed by atoms with E-state index >= 15 is 0 Å². The zero-order valence-corrected chi connectivity index (χ0v) is 9.42. The van der Waals surface area contributed by atoms with Gasteiger partial charge in [-0.2, -0.15) is 13.2 Å². The van der Waals surface area contributed by atoms with Crippen LogP contribution in [0.1, 0.15) is 11.5 Å². The Morgan fingerprint density at radius 2 is 2.18 bits per heavy atom. The largest absolute Gasteiger partial charge is 0.411 e. The Hall–Kier alpha value is -1.21. The van der Waals surface area contributed by atoms with E-state index in [-0.39, 0.29) is 6.61 Å². The summed E-state index contributed by atoms with van der Waals surface area (Å²) < 4.78 is 39.6. The standard InChI is InChI=1S/C10H14F3N3O/c1-8-15-3-2-9(16-8)6-14-4-5-17-7-10(11,12)13/h2-3,14H,4-7H2,1H3. The second-order valence-electron chi connectivity index (χ2n) is 3.44. The number of halogens is 3. The van der Waals surface area contributed by atoms with E-state index in [2.05, 4.69) is 20.0 Å². The summed E-state index contributed by atoms with van der Waals surface area (Å²) in [4.78, 5) is 8.07. The Morgan fingerprint density at radius 3 is 2.82 bits per heavy atom. The smallest absolute Gasteiger partial charge is 0.371 e. The average molecular weight is 249 g/mol. The van der Waals surface area contributed by atoms with Crippen molar-refractivity contribution in [3.8, 4) is 0 Å². The number of aryl methyl sites for hydroxylation is 1. The molecule has 17 heavy (non-hydrogen) atoms. The molecule has 1 rings (SSSR count). The molecule has 0 unspecified atom stereocenters. The third kappa shape index (κ3) is 6.85. The molecule has 4 nitrogen and oxygen atoms in total. The minimum Gasteiger partial charge on any atom is -0.371 e. The van der Waals surface area contributed by atoms with Gasteiger partial charge in [0.05, 0.1) is 12.3 Å². The molecule has 1 N–H and O–H groups in total. The van der Waals surface area contributed by atoms with Gasteiger partial charge in [0.2, 0.25) is 0 Å². The summed E-state index contributed by atoms with van der Waals surface area (Å²) in [6.07, 6.45) is -2.62. The predicted molar refractivity (Wildman–Crippen MR) is 55.3 cm³/mol. The molecule has 7 heteroatoms. The van der Waals surface area contributed by atoms with Crippen LogP contribution < -0.4 is 5.32 Å². The van der Waals surface area contributed by atoms with Crippen LogP contribution in [0.15, 0.2) is 12.3 Å². The van der Waals surface area contributed by atoms with Crippen LogP contribution in [0, 0.1) is 6.92 Å². The van der Waals surface area contributed by atoms with Crippen molar-refractivity contribution in [3.63, 3.8) is 0 Å². The molecule has 0 radical (unpaired) electrons. The van der Waals surface area contributed by atoms with Crippen LogP contribution in [0.25, 0.3) is 0 Å². The van der Waals surface area contributed by atoms with Crippen molar-refractivity contribution in [1.82, 2.24) is 15.3 Å².